The maximum absolute atomic E-state index is 12.9. The maximum Gasteiger partial charge on any atom is 0.262 e. The quantitative estimate of drug-likeness (QED) is 0.724. The summed E-state index contributed by atoms with van der Waals surface area (Å²) < 4.78 is 0. The van der Waals surface area contributed by atoms with E-state index in [1.54, 1.807) is 36.1 Å². The van der Waals surface area contributed by atoms with Crippen LogP contribution < -0.4 is 0 Å². The van der Waals surface area contributed by atoms with Gasteiger partial charge in [-0.05, 0) is 31.9 Å². The van der Waals surface area contributed by atoms with Crippen LogP contribution in [0.2, 0.25) is 0 Å². The second-order valence-electron chi connectivity index (χ2n) is 7.37. The van der Waals surface area contributed by atoms with Gasteiger partial charge in [0, 0.05) is 32.1 Å². The molecule has 1 saturated heterocycles. The molecule has 1 fully saturated rings. The Balaban J connectivity index is 1.64. The number of rotatable bonds is 5. The predicted molar refractivity (Wildman–Crippen MR) is 104 cm³/mol. The predicted octanol–water partition coefficient (Wildman–Crippen LogP) is 1.78. The molecule has 1 atom stereocenters. The minimum atomic E-state index is -0.867. The lowest BCUT2D eigenvalue weighted by Gasteiger charge is -2.38. The Morgan fingerprint density at radius 3 is 1.71 bits per heavy atom. The van der Waals surface area contributed by atoms with E-state index < -0.39 is 17.9 Å². The molecule has 0 N–H and O–H groups in total. The van der Waals surface area contributed by atoms with Crippen molar-refractivity contribution >= 4 is 23.6 Å². The average Bonchev–Trinajstić information content (AvgIpc) is 2.98. The number of benzene rings is 1. The Hall–Kier alpha value is -2.70. The van der Waals surface area contributed by atoms with Gasteiger partial charge in [0.15, 0.2) is 0 Å². The molecule has 4 amide bonds. The van der Waals surface area contributed by atoms with Crippen molar-refractivity contribution in [1.82, 2.24) is 14.7 Å². The van der Waals surface area contributed by atoms with E-state index in [0.29, 0.717) is 37.3 Å². The van der Waals surface area contributed by atoms with Gasteiger partial charge in [-0.3, -0.25) is 24.1 Å². The first-order chi connectivity index (χ1) is 13.4. The maximum atomic E-state index is 12.9. The summed E-state index contributed by atoms with van der Waals surface area (Å²) >= 11 is 0. The van der Waals surface area contributed by atoms with Crippen molar-refractivity contribution in [3.05, 3.63) is 35.4 Å². The third-order valence-electron chi connectivity index (χ3n) is 5.81. The van der Waals surface area contributed by atoms with Crippen molar-refractivity contribution in [3.8, 4) is 0 Å². The second-order valence-corrected chi connectivity index (χ2v) is 7.37. The van der Waals surface area contributed by atoms with Gasteiger partial charge in [0.05, 0.1) is 11.1 Å². The topological polar surface area (TPSA) is 78.0 Å². The molecular formula is C21H27N3O4. The van der Waals surface area contributed by atoms with Crippen LogP contribution in [0.4, 0.5) is 0 Å². The summed E-state index contributed by atoms with van der Waals surface area (Å²) in [6.45, 7) is 7.40. The summed E-state index contributed by atoms with van der Waals surface area (Å²) in [5.41, 5.74) is 0.681. The zero-order valence-electron chi connectivity index (χ0n) is 16.7. The van der Waals surface area contributed by atoms with E-state index in [4.69, 9.17) is 0 Å². The molecule has 2 aliphatic rings. The standard InChI is InChI=1S/C21H27N3O4/c1-4-15(5-2)19(26)23-12-10-22(11-13-23)18(25)14(3)24-20(27)16-8-6-7-9-17(16)21(24)28/h6-9,14-15H,4-5,10-13H2,1-3H3. The number of nitrogens with zero attached hydrogens (tertiary/aromatic N) is 3. The van der Waals surface area contributed by atoms with Crippen LogP contribution >= 0.6 is 0 Å². The number of carbonyl (C=O) groups is 4. The number of hydrogen-bond acceptors (Lipinski definition) is 4. The van der Waals surface area contributed by atoms with Crippen molar-refractivity contribution in [2.45, 2.75) is 39.7 Å². The largest absolute Gasteiger partial charge is 0.339 e. The Labute approximate surface area is 165 Å². The van der Waals surface area contributed by atoms with E-state index in [9.17, 15) is 19.2 Å². The molecule has 0 bridgehead atoms. The molecule has 0 aromatic heterocycles. The van der Waals surface area contributed by atoms with Gasteiger partial charge >= 0.3 is 0 Å². The van der Waals surface area contributed by atoms with Gasteiger partial charge in [-0.1, -0.05) is 26.0 Å². The monoisotopic (exact) mass is 385 g/mol. The fourth-order valence-corrected chi connectivity index (χ4v) is 3.98. The first-order valence-electron chi connectivity index (χ1n) is 9.95. The van der Waals surface area contributed by atoms with E-state index in [1.165, 1.54) is 0 Å². The number of carbonyl (C=O) groups excluding carboxylic acids is 4. The fourth-order valence-electron chi connectivity index (χ4n) is 3.98. The van der Waals surface area contributed by atoms with Gasteiger partial charge in [0.25, 0.3) is 11.8 Å². The summed E-state index contributed by atoms with van der Waals surface area (Å²) in [6.07, 6.45) is 1.62. The van der Waals surface area contributed by atoms with Crippen molar-refractivity contribution < 1.29 is 19.2 Å². The highest BCUT2D eigenvalue weighted by atomic mass is 16.2. The van der Waals surface area contributed by atoms with Gasteiger partial charge in [-0.2, -0.15) is 0 Å². The molecule has 2 heterocycles. The highest BCUT2D eigenvalue weighted by Gasteiger charge is 2.42. The highest BCUT2D eigenvalue weighted by molar-refractivity contribution is 6.22. The van der Waals surface area contributed by atoms with E-state index in [-0.39, 0.29) is 17.7 Å². The van der Waals surface area contributed by atoms with Crippen LogP contribution in [0.3, 0.4) is 0 Å². The van der Waals surface area contributed by atoms with Crippen molar-refractivity contribution in [3.63, 3.8) is 0 Å². The van der Waals surface area contributed by atoms with Crippen molar-refractivity contribution in [2.75, 3.05) is 26.2 Å². The van der Waals surface area contributed by atoms with E-state index in [0.717, 1.165) is 17.7 Å². The van der Waals surface area contributed by atoms with Crippen LogP contribution in [-0.4, -0.2) is 70.5 Å². The molecule has 28 heavy (non-hydrogen) atoms. The number of amides is 4. The van der Waals surface area contributed by atoms with Crippen LogP contribution in [0.25, 0.3) is 0 Å². The second kappa shape index (κ2) is 8.12. The molecule has 3 rings (SSSR count). The van der Waals surface area contributed by atoms with Gasteiger partial charge in [-0.15, -0.1) is 0 Å². The van der Waals surface area contributed by atoms with Crippen LogP contribution in [-0.2, 0) is 9.59 Å². The molecular weight excluding hydrogens is 358 g/mol. The first kappa shape index (κ1) is 20.0. The molecule has 0 spiro atoms. The Bertz CT molecular complexity index is 760. The van der Waals surface area contributed by atoms with E-state index in [2.05, 4.69) is 0 Å². The Morgan fingerprint density at radius 1 is 0.857 bits per heavy atom. The van der Waals surface area contributed by atoms with Gasteiger partial charge < -0.3 is 9.80 Å². The molecule has 2 aliphatic heterocycles. The lowest BCUT2D eigenvalue weighted by atomic mass is 10.0. The van der Waals surface area contributed by atoms with Crippen molar-refractivity contribution in [2.24, 2.45) is 5.92 Å². The molecule has 7 heteroatoms. The minimum Gasteiger partial charge on any atom is -0.339 e. The molecule has 1 aromatic carbocycles. The van der Waals surface area contributed by atoms with Crippen LogP contribution in [0.15, 0.2) is 24.3 Å². The van der Waals surface area contributed by atoms with Crippen LogP contribution in [0, 0.1) is 5.92 Å². The normalized spacial score (nSPS) is 17.9. The van der Waals surface area contributed by atoms with Gasteiger partial charge in [0.1, 0.15) is 6.04 Å². The van der Waals surface area contributed by atoms with E-state index in [1.807, 2.05) is 18.7 Å². The third kappa shape index (κ3) is 3.41. The Morgan fingerprint density at radius 2 is 1.29 bits per heavy atom. The summed E-state index contributed by atoms with van der Waals surface area (Å²) in [5, 5.41) is 0. The summed E-state index contributed by atoms with van der Waals surface area (Å²) in [4.78, 5) is 55.2. The molecule has 0 saturated carbocycles. The van der Waals surface area contributed by atoms with Gasteiger partial charge in [0.2, 0.25) is 11.8 Å². The smallest absolute Gasteiger partial charge is 0.262 e. The van der Waals surface area contributed by atoms with Crippen molar-refractivity contribution in [1.29, 1.82) is 0 Å². The van der Waals surface area contributed by atoms with Crippen LogP contribution in [0.5, 0.6) is 0 Å². The zero-order valence-corrected chi connectivity index (χ0v) is 16.7. The molecule has 0 aliphatic carbocycles. The summed E-state index contributed by atoms with van der Waals surface area (Å²) in [5.74, 6) is -0.942. The zero-order chi connectivity index (χ0) is 20.4. The highest BCUT2D eigenvalue weighted by Crippen LogP contribution is 2.25. The molecule has 1 unspecified atom stereocenters. The average molecular weight is 385 g/mol. The lowest BCUT2D eigenvalue weighted by molar-refractivity contribution is -0.143. The summed E-state index contributed by atoms with van der Waals surface area (Å²) in [6, 6.07) is 5.75. The minimum absolute atomic E-state index is 0.0273. The number of fused-ring (bicyclic) bond motifs is 1. The number of imide groups is 1. The molecule has 150 valence electrons. The first-order valence-corrected chi connectivity index (χ1v) is 9.95. The number of hydrogen-bond donors (Lipinski definition) is 0. The summed E-state index contributed by atoms with van der Waals surface area (Å²) in [7, 11) is 0. The van der Waals surface area contributed by atoms with E-state index >= 15 is 0 Å². The molecule has 0 radical (unpaired) electrons. The lowest BCUT2D eigenvalue weighted by Crippen LogP contribution is -2.56. The SMILES string of the molecule is CCC(CC)C(=O)N1CCN(C(=O)C(C)N2C(=O)c3ccccc3C2=O)CC1. The van der Waals surface area contributed by atoms with Crippen LogP contribution in [0.1, 0.15) is 54.3 Å². The Kier molecular flexibility index (Phi) is 5.82. The van der Waals surface area contributed by atoms with Gasteiger partial charge in [-0.25, -0.2) is 0 Å². The fraction of sp³-hybridized carbons (Fsp3) is 0.524. The third-order valence-corrected chi connectivity index (χ3v) is 5.81. The molecule has 1 aromatic rings. The number of piperazine rings is 1. The molecule has 7 nitrogen and oxygen atoms in total.